The molecule has 0 heterocycles. The van der Waals surface area contributed by atoms with Crippen LogP contribution in [-0.2, 0) is 16.1 Å². The Balaban J connectivity index is 1.76. The molecule has 1 rings (SSSR count). The molecule has 0 amide bonds. The van der Waals surface area contributed by atoms with E-state index in [0.29, 0.717) is 13.0 Å². The molecule has 0 radical (unpaired) electrons. The highest BCUT2D eigenvalue weighted by molar-refractivity contribution is 5.79. The third-order valence-corrected chi connectivity index (χ3v) is 5.43. The van der Waals surface area contributed by atoms with Crippen molar-refractivity contribution in [3.05, 3.63) is 35.9 Å². The third kappa shape index (κ3) is 15.9. The molecule has 0 bridgehead atoms. The maximum atomic E-state index is 11.8. The van der Waals surface area contributed by atoms with E-state index in [4.69, 9.17) is 4.74 Å². The molecule has 0 atom stereocenters. The Kier molecular flexibility index (Phi) is 17.0. The Bertz CT molecular complexity index is 455. The van der Waals surface area contributed by atoms with E-state index in [2.05, 4.69) is 6.92 Å². The molecule has 0 aliphatic carbocycles. The molecule has 1 aromatic carbocycles. The van der Waals surface area contributed by atoms with Crippen molar-refractivity contribution in [2.75, 3.05) is 6.61 Å². The van der Waals surface area contributed by atoms with Crippen molar-refractivity contribution in [3.8, 4) is 0 Å². The average Bonchev–Trinajstić information content (AvgIpc) is 2.71. The van der Waals surface area contributed by atoms with Gasteiger partial charge in [-0.15, -0.1) is 0 Å². The Morgan fingerprint density at radius 1 is 0.679 bits per heavy atom. The monoisotopic (exact) mass is 388 g/mol. The first-order chi connectivity index (χ1) is 13.8. The van der Waals surface area contributed by atoms with Crippen LogP contribution in [0.4, 0.5) is 0 Å². The zero-order valence-corrected chi connectivity index (χ0v) is 18.4. The van der Waals surface area contributed by atoms with Crippen LogP contribution in [-0.4, -0.2) is 12.4 Å². The average molecular weight is 389 g/mol. The minimum absolute atomic E-state index is 0.241. The Morgan fingerprint density at radius 2 is 1.14 bits per heavy atom. The summed E-state index contributed by atoms with van der Waals surface area (Å²) in [6.07, 6.45) is 21.0. The molecule has 2 nitrogen and oxygen atoms in total. The molecule has 0 unspecified atom stereocenters. The van der Waals surface area contributed by atoms with Crippen molar-refractivity contribution in [2.24, 2.45) is 0 Å². The first kappa shape index (κ1) is 24.9. The topological polar surface area (TPSA) is 26.3 Å². The van der Waals surface area contributed by atoms with E-state index in [-0.39, 0.29) is 12.4 Å². The van der Waals surface area contributed by atoms with Crippen molar-refractivity contribution in [2.45, 2.75) is 116 Å². The van der Waals surface area contributed by atoms with Gasteiger partial charge in [-0.05, 0) is 12.0 Å². The molecule has 0 aliphatic rings. The predicted octanol–water partition coefficient (Wildman–Crippen LogP) is 8.03. The SMILES string of the molecule is CCCCCCCCCCCCCCCCCC(=O)COCc1ccccc1. The standard InChI is InChI=1S/C26H44O2/c1-2-3-4-5-6-7-8-9-10-11-12-13-14-15-19-22-26(27)24-28-23-25-20-17-16-18-21-25/h16-18,20-21H,2-15,19,22-24H2,1H3. The fourth-order valence-electron chi connectivity index (χ4n) is 3.62. The van der Waals surface area contributed by atoms with Crippen LogP contribution in [0, 0.1) is 0 Å². The van der Waals surface area contributed by atoms with Crippen molar-refractivity contribution in [1.82, 2.24) is 0 Å². The largest absolute Gasteiger partial charge is 0.369 e. The van der Waals surface area contributed by atoms with E-state index in [1.54, 1.807) is 0 Å². The quantitative estimate of drug-likeness (QED) is 0.211. The van der Waals surface area contributed by atoms with Gasteiger partial charge in [0.25, 0.3) is 0 Å². The summed E-state index contributed by atoms with van der Waals surface area (Å²) in [4.78, 5) is 11.8. The van der Waals surface area contributed by atoms with Crippen LogP contribution in [0.5, 0.6) is 0 Å². The summed E-state index contributed by atoms with van der Waals surface area (Å²) in [5.74, 6) is 0.241. The zero-order valence-electron chi connectivity index (χ0n) is 18.4. The first-order valence-electron chi connectivity index (χ1n) is 12.0. The zero-order chi connectivity index (χ0) is 20.1. The molecule has 0 saturated heterocycles. The molecule has 2 heteroatoms. The normalized spacial score (nSPS) is 11.0. The molecule has 0 N–H and O–H groups in total. The molecule has 0 saturated carbocycles. The van der Waals surface area contributed by atoms with Crippen LogP contribution in [0.15, 0.2) is 30.3 Å². The van der Waals surface area contributed by atoms with Crippen molar-refractivity contribution in [1.29, 1.82) is 0 Å². The molecule has 0 spiro atoms. The van der Waals surface area contributed by atoms with Crippen LogP contribution in [0.2, 0.25) is 0 Å². The van der Waals surface area contributed by atoms with Crippen LogP contribution in [0.1, 0.15) is 115 Å². The Labute approximate surface area is 174 Å². The van der Waals surface area contributed by atoms with Gasteiger partial charge in [0.1, 0.15) is 6.61 Å². The van der Waals surface area contributed by atoms with E-state index in [1.807, 2.05) is 30.3 Å². The van der Waals surface area contributed by atoms with Gasteiger partial charge in [0, 0.05) is 6.42 Å². The Morgan fingerprint density at radius 3 is 1.64 bits per heavy atom. The molecule has 0 fully saturated rings. The van der Waals surface area contributed by atoms with Gasteiger partial charge in [0.05, 0.1) is 6.61 Å². The molecule has 160 valence electrons. The van der Waals surface area contributed by atoms with Gasteiger partial charge < -0.3 is 4.74 Å². The number of ketones is 1. The van der Waals surface area contributed by atoms with Gasteiger partial charge in [-0.3, -0.25) is 4.79 Å². The van der Waals surface area contributed by atoms with Gasteiger partial charge in [-0.1, -0.05) is 127 Å². The highest BCUT2D eigenvalue weighted by Gasteiger charge is 2.02. The highest BCUT2D eigenvalue weighted by atomic mass is 16.5. The second-order valence-corrected chi connectivity index (χ2v) is 8.22. The van der Waals surface area contributed by atoms with E-state index < -0.39 is 0 Å². The number of carbonyl (C=O) groups excluding carboxylic acids is 1. The molecular weight excluding hydrogens is 344 g/mol. The molecule has 0 aromatic heterocycles. The molecule has 0 aliphatic heterocycles. The van der Waals surface area contributed by atoms with Crippen molar-refractivity contribution >= 4 is 5.78 Å². The highest BCUT2D eigenvalue weighted by Crippen LogP contribution is 2.13. The summed E-state index contributed by atoms with van der Waals surface area (Å²) >= 11 is 0. The van der Waals surface area contributed by atoms with Crippen LogP contribution < -0.4 is 0 Å². The van der Waals surface area contributed by atoms with E-state index in [0.717, 1.165) is 12.0 Å². The number of carbonyl (C=O) groups is 1. The maximum absolute atomic E-state index is 11.8. The summed E-state index contributed by atoms with van der Waals surface area (Å²) in [5.41, 5.74) is 1.13. The first-order valence-corrected chi connectivity index (χ1v) is 12.0. The lowest BCUT2D eigenvalue weighted by molar-refractivity contribution is -0.124. The minimum Gasteiger partial charge on any atom is -0.369 e. The lowest BCUT2D eigenvalue weighted by Gasteiger charge is -2.05. The molecule has 1 aromatic rings. The maximum Gasteiger partial charge on any atom is 0.158 e. The number of unbranched alkanes of at least 4 members (excludes halogenated alkanes) is 14. The number of Topliss-reactive ketones (excluding diaryl/α,β-unsaturated/α-hetero) is 1. The molecular formula is C26H44O2. The fraction of sp³-hybridized carbons (Fsp3) is 0.731. The summed E-state index contributed by atoms with van der Waals surface area (Å²) in [7, 11) is 0. The van der Waals surface area contributed by atoms with Gasteiger partial charge in [-0.2, -0.15) is 0 Å². The summed E-state index contributed by atoms with van der Waals surface area (Å²) in [6.45, 7) is 3.07. The Hall–Kier alpha value is -1.15. The summed E-state index contributed by atoms with van der Waals surface area (Å²) in [6, 6.07) is 10.0. The second-order valence-electron chi connectivity index (χ2n) is 8.22. The smallest absolute Gasteiger partial charge is 0.158 e. The number of benzene rings is 1. The lowest BCUT2D eigenvalue weighted by Crippen LogP contribution is -2.08. The van der Waals surface area contributed by atoms with Crippen molar-refractivity contribution < 1.29 is 9.53 Å². The second kappa shape index (κ2) is 19.2. The number of hydrogen-bond acceptors (Lipinski definition) is 2. The van der Waals surface area contributed by atoms with Crippen molar-refractivity contribution in [3.63, 3.8) is 0 Å². The van der Waals surface area contributed by atoms with E-state index in [9.17, 15) is 4.79 Å². The molecule has 28 heavy (non-hydrogen) atoms. The van der Waals surface area contributed by atoms with Crippen LogP contribution in [0.3, 0.4) is 0 Å². The number of ether oxygens (including phenoxy) is 1. The third-order valence-electron chi connectivity index (χ3n) is 5.43. The van der Waals surface area contributed by atoms with E-state index >= 15 is 0 Å². The summed E-state index contributed by atoms with van der Waals surface area (Å²) in [5, 5.41) is 0. The summed E-state index contributed by atoms with van der Waals surface area (Å²) < 4.78 is 5.51. The minimum atomic E-state index is 0.241. The predicted molar refractivity (Wildman–Crippen MR) is 121 cm³/mol. The number of hydrogen-bond donors (Lipinski definition) is 0. The van der Waals surface area contributed by atoms with Gasteiger partial charge in [0.2, 0.25) is 0 Å². The van der Waals surface area contributed by atoms with Gasteiger partial charge in [-0.25, -0.2) is 0 Å². The van der Waals surface area contributed by atoms with Gasteiger partial charge in [0.15, 0.2) is 5.78 Å². The van der Waals surface area contributed by atoms with Crippen LogP contribution in [0.25, 0.3) is 0 Å². The van der Waals surface area contributed by atoms with E-state index in [1.165, 1.54) is 89.9 Å². The van der Waals surface area contributed by atoms with Crippen LogP contribution >= 0.6 is 0 Å². The van der Waals surface area contributed by atoms with Gasteiger partial charge >= 0.3 is 0 Å². The lowest BCUT2D eigenvalue weighted by atomic mass is 10.0. The fourth-order valence-corrected chi connectivity index (χ4v) is 3.62. The number of rotatable bonds is 20.